The molecule has 4 rings (SSSR count). The average Bonchev–Trinajstić information content (AvgIpc) is 3.29. The molecule has 1 saturated heterocycles. The van der Waals surface area contributed by atoms with Crippen molar-refractivity contribution < 1.29 is 18.7 Å². The molecular weight excluding hydrogens is 374 g/mol. The third-order valence-electron chi connectivity index (χ3n) is 4.33. The summed E-state index contributed by atoms with van der Waals surface area (Å²) in [6.45, 7) is 0.262. The van der Waals surface area contributed by atoms with E-state index in [2.05, 4.69) is 0 Å². The van der Waals surface area contributed by atoms with Crippen LogP contribution in [0.4, 0.5) is 4.79 Å². The van der Waals surface area contributed by atoms with Crippen LogP contribution < -0.4 is 4.74 Å². The molecule has 0 radical (unpaired) electrons. The predicted molar refractivity (Wildman–Crippen MR) is 109 cm³/mol. The monoisotopic (exact) mass is 391 g/mol. The Labute approximate surface area is 166 Å². The Hall–Kier alpha value is -3.25. The molecule has 0 spiro atoms. The molecule has 2 heterocycles. The summed E-state index contributed by atoms with van der Waals surface area (Å²) in [6.07, 6.45) is 1.61. The van der Waals surface area contributed by atoms with Gasteiger partial charge >= 0.3 is 0 Å². The van der Waals surface area contributed by atoms with Gasteiger partial charge in [0.15, 0.2) is 0 Å². The molecule has 0 atom stereocenters. The van der Waals surface area contributed by atoms with E-state index in [9.17, 15) is 9.59 Å². The summed E-state index contributed by atoms with van der Waals surface area (Å²) in [5.41, 5.74) is 1.81. The number of furan rings is 1. The SMILES string of the molecule is COc1ccc(-c2ccc(/C=C3\SC(=O)N(Cc4ccccc4)C3=O)o2)cc1. The van der Waals surface area contributed by atoms with Gasteiger partial charge in [0.05, 0.1) is 18.6 Å². The summed E-state index contributed by atoms with van der Waals surface area (Å²) in [5.74, 6) is 1.66. The third-order valence-corrected chi connectivity index (χ3v) is 5.24. The molecule has 1 aliphatic rings. The zero-order valence-electron chi connectivity index (χ0n) is 15.1. The Balaban J connectivity index is 1.52. The van der Waals surface area contributed by atoms with Gasteiger partial charge < -0.3 is 9.15 Å². The zero-order valence-corrected chi connectivity index (χ0v) is 15.9. The van der Waals surface area contributed by atoms with Crippen LogP contribution in [-0.4, -0.2) is 23.2 Å². The number of rotatable bonds is 5. The maximum atomic E-state index is 12.6. The Morgan fingerprint density at radius 1 is 1.00 bits per heavy atom. The lowest BCUT2D eigenvalue weighted by molar-refractivity contribution is -0.123. The van der Waals surface area contributed by atoms with Gasteiger partial charge in [0.1, 0.15) is 17.3 Å². The number of imide groups is 1. The van der Waals surface area contributed by atoms with Crippen molar-refractivity contribution in [2.75, 3.05) is 7.11 Å². The number of benzene rings is 2. The van der Waals surface area contributed by atoms with E-state index in [0.29, 0.717) is 16.4 Å². The van der Waals surface area contributed by atoms with E-state index < -0.39 is 0 Å². The first-order valence-corrected chi connectivity index (χ1v) is 9.49. The summed E-state index contributed by atoms with van der Waals surface area (Å²) >= 11 is 0.928. The maximum Gasteiger partial charge on any atom is 0.293 e. The Kier molecular flexibility index (Phi) is 5.04. The summed E-state index contributed by atoms with van der Waals surface area (Å²) in [7, 11) is 1.62. The fourth-order valence-electron chi connectivity index (χ4n) is 2.87. The van der Waals surface area contributed by atoms with E-state index in [4.69, 9.17) is 9.15 Å². The third kappa shape index (κ3) is 3.73. The first kappa shape index (κ1) is 18.1. The van der Waals surface area contributed by atoms with Crippen molar-refractivity contribution in [3.63, 3.8) is 0 Å². The van der Waals surface area contributed by atoms with Crippen LogP contribution in [0.3, 0.4) is 0 Å². The van der Waals surface area contributed by atoms with Crippen LogP contribution in [0.15, 0.2) is 76.1 Å². The molecule has 1 aromatic heterocycles. The molecule has 1 aliphatic heterocycles. The minimum Gasteiger partial charge on any atom is -0.497 e. The number of ether oxygens (including phenoxy) is 1. The molecule has 0 saturated carbocycles. The van der Waals surface area contributed by atoms with Crippen LogP contribution in [0.2, 0.25) is 0 Å². The summed E-state index contributed by atoms with van der Waals surface area (Å²) < 4.78 is 11.0. The van der Waals surface area contributed by atoms with E-state index in [0.717, 1.165) is 28.6 Å². The van der Waals surface area contributed by atoms with E-state index in [-0.39, 0.29) is 17.7 Å². The van der Waals surface area contributed by atoms with Crippen LogP contribution in [0.1, 0.15) is 11.3 Å². The highest BCUT2D eigenvalue weighted by molar-refractivity contribution is 8.18. The molecule has 140 valence electrons. The van der Waals surface area contributed by atoms with Gasteiger partial charge in [0.2, 0.25) is 0 Å². The molecule has 0 unspecified atom stereocenters. The Morgan fingerprint density at radius 2 is 1.75 bits per heavy atom. The van der Waals surface area contributed by atoms with Crippen molar-refractivity contribution in [3.8, 4) is 17.1 Å². The van der Waals surface area contributed by atoms with Crippen molar-refractivity contribution >= 4 is 29.0 Å². The first-order valence-electron chi connectivity index (χ1n) is 8.67. The highest BCUT2D eigenvalue weighted by Crippen LogP contribution is 2.34. The fourth-order valence-corrected chi connectivity index (χ4v) is 3.69. The van der Waals surface area contributed by atoms with Gasteiger partial charge in [0, 0.05) is 11.6 Å². The molecule has 6 heteroatoms. The van der Waals surface area contributed by atoms with Crippen molar-refractivity contribution in [2.45, 2.75) is 6.54 Å². The van der Waals surface area contributed by atoms with Gasteiger partial charge in [-0.05, 0) is 53.7 Å². The lowest BCUT2D eigenvalue weighted by Gasteiger charge is -2.11. The second-order valence-corrected chi connectivity index (χ2v) is 7.18. The largest absolute Gasteiger partial charge is 0.497 e. The second kappa shape index (κ2) is 7.78. The number of nitrogens with zero attached hydrogens (tertiary/aromatic N) is 1. The average molecular weight is 391 g/mol. The van der Waals surface area contributed by atoms with Crippen LogP contribution in [-0.2, 0) is 11.3 Å². The van der Waals surface area contributed by atoms with Gasteiger partial charge in [-0.25, -0.2) is 0 Å². The van der Waals surface area contributed by atoms with Crippen molar-refractivity contribution in [2.24, 2.45) is 0 Å². The summed E-state index contributed by atoms with van der Waals surface area (Å²) in [6, 6.07) is 20.6. The normalized spacial score (nSPS) is 15.5. The van der Waals surface area contributed by atoms with E-state index in [1.807, 2.05) is 60.7 Å². The van der Waals surface area contributed by atoms with Crippen molar-refractivity contribution in [1.29, 1.82) is 0 Å². The van der Waals surface area contributed by atoms with Crippen LogP contribution in [0, 0.1) is 0 Å². The highest BCUT2D eigenvalue weighted by atomic mass is 32.2. The van der Waals surface area contributed by atoms with E-state index in [1.54, 1.807) is 19.3 Å². The minimum atomic E-state index is -0.304. The lowest BCUT2D eigenvalue weighted by Crippen LogP contribution is -2.27. The maximum absolute atomic E-state index is 12.6. The number of amides is 2. The van der Waals surface area contributed by atoms with Gasteiger partial charge in [-0.2, -0.15) is 0 Å². The number of hydrogen-bond acceptors (Lipinski definition) is 5. The van der Waals surface area contributed by atoms with Crippen LogP contribution in [0.25, 0.3) is 17.4 Å². The summed E-state index contributed by atoms with van der Waals surface area (Å²) in [4.78, 5) is 26.5. The molecule has 1 fully saturated rings. The molecule has 0 N–H and O–H groups in total. The summed E-state index contributed by atoms with van der Waals surface area (Å²) in [5, 5.41) is -0.276. The molecule has 2 aromatic carbocycles. The molecule has 28 heavy (non-hydrogen) atoms. The van der Waals surface area contributed by atoms with Gasteiger partial charge in [0.25, 0.3) is 11.1 Å². The van der Waals surface area contributed by atoms with Crippen LogP contribution in [0.5, 0.6) is 5.75 Å². The molecule has 0 aliphatic carbocycles. The first-order chi connectivity index (χ1) is 13.6. The van der Waals surface area contributed by atoms with Crippen molar-refractivity contribution in [1.82, 2.24) is 4.90 Å². The zero-order chi connectivity index (χ0) is 19.5. The topological polar surface area (TPSA) is 59.8 Å². The quantitative estimate of drug-likeness (QED) is 0.560. The minimum absolute atomic E-state index is 0.262. The molecule has 0 bridgehead atoms. The molecule has 5 nitrogen and oxygen atoms in total. The number of methoxy groups -OCH3 is 1. The van der Waals surface area contributed by atoms with E-state index in [1.165, 1.54) is 4.90 Å². The number of carbonyl (C=O) groups is 2. The number of thioether (sulfide) groups is 1. The smallest absolute Gasteiger partial charge is 0.293 e. The second-order valence-electron chi connectivity index (χ2n) is 6.18. The Bertz CT molecular complexity index is 1040. The fraction of sp³-hybridized carbons (Fsp3) is 0.0909. The Morgan fingerprint density at radius 3 is 2.46 bits per heavy atom. The number of hydrogen-bond donors (Lipinski definition) is 0. The van der Waals surface area contributed by atoms with Gasteiger partial charge in [-0.1, -0.05) is 30.3 Å². The van der Waals surface area contributed by atoms with E-state index >= 15 is 0 Å². The highest BCUT2D eigenvalue weighted by Gasteiger charge is 2.35. The van der Waals surface area contributed by atoms with Gasteiger partial charge in [-0.3, -0.25) is 14.5 Å². The molecular formula is C22H17NO4S. The molecule has 2 amide bonds. The lowest BCUT2D eigenvalue weighted by atomic mass is 10.2. The van der Waals surface area contributed by atoms with Gasteiger partial charge in [-0.15, -0.1) is 0 Å². The standard InChI is InChI=1S/C22H17NO4S/c1-26-17-9-7-16(8-10-17)19-12-11-18(27-19)13-20-21(24)23(22(25)28-20)14-15-5-3-2-4-6-15/h2-13H,14H2,1H3/b20-13-. The van der Waals surface area contributed by atoms with Crippen LogP contribution >= 0.6 is 11.8 Å². The van der Waals surface area contributed by atoms with Crippen molar-refractivity contribution in [3.05, 3.63) is 83.0 Å². The number of carbonyl (C=O) groups excluding carboxylic acids is 2. The predicted octanol–water partition coefficient (Wildman–Crippen LogP) is 5.19. The molecule has 3 aromatic rings.